The zero-order valence-corrected chi connectivity index (χ0v) is 8.37. The molecule has 0 spiro atoms. The van der Waals surface area contributed by atoms with E-state index in [9.17, 15) is 0 Å². The molecule has 0 radical (unpaired) electrons. The molecule has 1 unspecified atom stereocenters. The molecule has 0 saturated carbocycles. The Kier molecular flexibility index (Phi) is 1.91. The smallest absolute Gasteiger partial charge is 0.125 e. The van der Waals surface area contributed by atoms with Crippen LogP contribution in [0.15, 0.2) is 18.2 Å². The van der Waals surface area contributed by atoms with Crippen molar-refractivity contribution in [3.05, 3.63) is 23.8 Å². The van der Waals surface area contributed by atoms with Gasteiger partial charge in [0.2, 0.25) is 0 Å². The fourth-order valence-electron chi connectivity index (χ4n) is 1.83. The topological polar surface area (TPSA) is 12.5 Å². The lowest BCUT2D eigenvalue weighted by Crippen LogP contribution is -2.11. The maximum atomic E-state index is 5.67. The number of hydrogen-bond acceptors (Lipinski definition) is 2. The van der Waals surface area contributed by atoms with Crippen LogP contribution >= 0.6 is 0 Å². The molecule has 2 nitrogen and oxygen atoms in total. The number of hydrogen-bond donors (Lipinski definition) is 0. The molecule has 0 saturated heterocycles. The van der Waals surface area contributed by atoms with E-state index >= 15 is 0 Å². The highest BCUT2D eigenvalue weighted by atomic mass is 16.5. The quantitative estimate of drug-likeness (QED) is 0.651. The minimum Gasteiger partial charge on any atom is -0.490 e. The standard InChI is InChI=1S/C11H15NO/c1-8-7-9-10(12(2)3)5-4-6-11(9)13-8/h4-6,8H,7H2,1-3H3. The molecule has 1 aliphatic rings. The summed E-state index contributed by atoms with van der Waals surface area (Å²) in [6.07, 6.45) is 1.36. The van der Waals surface area contributed by atoms with E-state index in [1.807, 2.05) is 12.1 Å². The molecule has 0 N–H and O–H groups in total. The largest absolute Gasteiger partial charge is 0.490 e. The Hall–Kier alpha value is -1.18. The van der Waals surface area contributed by atoms with Gasteiger partial charge in [-0.3, -0.25) is 0 Å². The second-order valence-corrected chi connectivity index (χ2v) is 3.78. The molecule has 0 amide bonds. The van der Waals surface area contributed by atoms with Crippen LogP contribution in [0.4, 0.5) is 5.69 Å². The van der Waals surface area contributed by atoms with Crippen molar-refractivity contribution >= 4 is 5.69 Å². The molecule has 0 fully saturated rings. The second kappa shape index (κ2) is 2.95. The molecule has 0 aromatic heterocycles. The highest BCUT2D eigenvalue weighted by Crippen LogP contribution is 2.35. The average Bonchev–Trinajstić information content (AvgIpc) is 2.43. The van der Waals surface area contributed by atoms with Gasteiger partial charge >= 0.3 is 0 Å². The SMILES string of the molecule is CC1Cc2c(cccc2N(C)C)O1. The first-order chi connectivity index (χ1) is 6.18. The Morgan fingerprint density at radius 1 is 1.38 bits per heavy atom. The summed E-state index contributed by atoms with van der Waals surface area (Å²) >= 11 is 0. The highest BCUT2D eigenvalue weighted by molar-refractivity contribution is 5.60. The van der Waals surface area contributed by atoms with Gasteiger partial charge in [-0.15, -0.1) is 0 Å². The fourth-order valence-corrected chi connectivity index (χ4v) is 1.83. The molecular formula is C11H15NO. The summed E-state index contributed by atoms with van der Waals surface area (Å²) in [7, 11) is 4.14. The van der Waals surface area contributed by atoms with Gasteiger partial charge in [0.05, 0.1) is 0 Å². The van der Waals surface area contributed by atoms with Crippen molar-refractivity contribution in [2.24, 2.45) is 0 Å². The second-order valence-electron chi connectivity index (χ2n) is 3.78. The minimum atomic E-state index is 0.330. The van der Waals surface area contributed by atoms with E-state index < -0.39 is 0 Å². The Balaban J connectivity index is 2.45. The predicted molar refractivity (Wildman–Crippen MR) is 54.6 cm³/mol. The van der Waals surface area contributed by atoms with Gasteiger partial charge in [-0.25, -0.2) is 0 Å². The number of fused-ring (bicyclic) bond motifs is 1. The molecule has 70 valence electrons. The lowest BCUT2D eigenvalue weighted by molar-refractivity contribution is 0.254. The lowest BCUT2D eigenvalue weighted by atomic mass is 10.1. The van der Waals surface area contributed by atoms with E-state index in [2.05, 4.69) is 32.0 Å². The van der Waals surface area contributed by atoms with Crippen LogP contribution in [0.1, 0.15) is 12.5 Å². The maximum absolute atomic E-state index is 5.67. The summed E-state index contributed by atoms with van der Waals surface area (Å²) in [6, 6.07) is 6.23. The molecule has 1 heterocycles. The number of anilines is 1. The predicted octanol–water partition coefficient (Wildman–Crippen LogP) is 2.08. The van der Waals surface area contributed by atoms with Crippen molar-refractivity contribution in [3.63, 3.8) is 0 Å². The first-order valence-corrected chi connectivity index (χ1v) is 4.64. The molecule has 1 aliphatic heterocycles. The number of rotatable bonds is 1. The minimum absolute atomic E-state index is 0.330. The van der Waals surface area contributed by atoms with Crippen LogP contribution in [0.3, 0.4) is 0 Å². The normalized spacial score (nSPS) is 19.5. The molecule has 2 heteroatoms. The van der Waals surface area contributed by atoms with Crippen LogP contribution < -0.4 is 9.64 Å². The van der Waals surface area contributed by atoms with Crippen LogP contribution in [0.2, 0.25) is 0 Å². The van der Waals surface area contributed by atoms with Crippen LogP contribution in [-0.2, 0) is 6.42 Å². The lowest BCUT2D eigenvalue weighted by Gasteiger charge is -2.15. The molecule has 2 rings (SSSR count). The summed E-state index contributed by atoms with van der Waals surface area (Å²) in [5, 5.41) is 0. The van der Waals surface area contributed by atoms with E-state index in [4.69, 9.17) is 4.74 Å². The summed E-state index contributed by atoms with van der Waals surface area (Å²) in [5.74, 6) is 1.05. The van der Waals surface area contributed by atoms with E-state index in [1.165, 1.54) is 11.3 Å². The van der Waals surface area contributed by atoms with Crippen molar-refractivity contribution in [2.45, 2.75) is 19.4 Å². The summed E-state index contributed by atoms with van der Waals surface area (Å²) < 4.78 is 5.67. The van der Waals surface area contributed by atoms with Gasteiger partial charge in [0.1, 0.15) is 11.9 Å². The first-order valence-electron chi connectivity index (χ1n) is 4.64. The highest BCUT2D eigenvalue weighted by Gasteiger charge is 2.21. The molecule has 1 aromatic rings. The Bertz CT molecular complexity index is 320. The van der Waals surface area contributed by atoms with Gasteiger partial charge in [0, 0.05) is 31.8 Å². The van der Waals surface area contributed by atoms with E-state index in [0.717, 1.165) is 12.2 Å². The first kappa shape index (κ1) is 8.42. The van der Waals surface area contributed by atoms with Crippen LogP contribution in [-0.4, -0.2) is 20.2 Å². The van der Waals surface area contributed by atoms with Crippen molar-refractivity contribution < 1.29 is 4.74 Å². The Morgan fingerprint density at radius 3 is 2.85 bits per heavy atom. The number of ether oxygens (including phenoxy) is 1. The van der Waals surface area contributed by atoms with E-state index in [0.29, 0.717) is 6.10 Å². The van der Waals surface area contributed by atoms with Gasteiger partial charge in [-0.05, 0) is 19.1 Å². The third-order valence-electron chi connectivity index (χ3n) is 2.41. The van der Waals surface area contributed by atoms with Crippen LogP contribution in [0.5, 0.6) is 5.75 Å². The maximum Gasteiger partial charge on any atom is 0.125 e. The van der Waals surface area contributed by atoms with Crippen LogP contribution in [0.25, 0.3) is 0 Å². The van der Waals surface area contributed by atoms with E-state index in [-0.39, 0.29) is 0 Å². The van der Waals surface area contributed by atoms with Gasteiger partial charge in [0.25, 0.3) is 0 Å². The summed E-state index contributed by atoms with van der Waals surface area (Å²) in [6.45, 7) is 2.11. The summed E-state index contributed by atoms with van der Waals surface area (Å²) in [4.78, 5) is 2.14. The Labute approximate surface area is 79.1 Å². The average molecular weight is 177 g/mol. The molecule has 13 heavy (non-hydrogen) atoms. The molecule has 0 bridgehead atoms. The Morgan fingerprint density at radius 2 is 2.15 bits per heavy atom. The fraction of sp³-hybridized carbons (Fsp3) is 0.455. The van der Waals surface area contributed by atoms with Gasteiger partial charge in [-0.2, -0.15) is 0 Å². The van der Waals surface area contributed by atoms with Crippen molar-refractivity contribution in [2.75, 3.05) is 19.0 Å². The molecular weight excluding hydrogens is 162 g/mol. The number of benzene rings is 1. The van der Waals surface area contributed by atoms with Crippen molar-refractivity contribution in [1.29, 1.82) is 0 Å². The monoisotopic (exact) mass is 177 g/mol. The third-order valence-corrected chi connectivity index (χ3v) is 2.41. The molecule has 0 aliphatic carbocycles. The number of nitrogens with zero attached hydrogens (tertiary/aromatic N) is 1. The molecule has 1 atom stereocenters. The third kappa shape index (κ3) is 1.37. The van der Waals surface area contributed by atoms with E-state index in [1.54, 1.807) is 0 Å². The zero-order chi connectivity index (χ0) is 9.42. The van der Waals surface area contributed by atoms with Gasteiger partial charge in [-0.1, -0.05) is 6.07 Å². The van der Waals surface area contributed by atoms with Gasteiger partial charge in [0.15, 0.2) is 0 Å². The zero-order valence-electron chi connectivity index (χ0n) is 8.37. The van der Waals surface area contributed by atoms with Crippen molar-refractivity contribution in [3.8, 4) is 5.75 Å². The van der Waals surface area contributed by atoms with Gasteiger partial charge < -0.3 is 9.64 Å². The summed E-state index contributed by atoms with van der Waals surface area (Å²) in [5.41, 5.74) is 2.63. The van der Waals surface area contributed by atoms with Crippen molar-refractivity contribution in [1.82, 2.24) is 0 Å². The van der Waals surface area contributed by atoms with Crippen LogP contribution in [0, 0.1) is 0 Å². The molecule has 1 aromatic carbocycles.